The third kappa shape index (κ3) is 47.2. The molecule has 3 aliphatic heterocycles. The lowest BCUT2D eigenvalue weighted by atomic mass is 9.96. The molecule has 1 amide bonds. The van der Waals surface area contributed by atoms with Gasteiger partial charge in [-0.1, -0.05) is 314 Å². The van der Waals surface area contributed by atoms with Crippen molar-refractivity contribution in [2.45, 2.75) is 388 Å². The second kappa shape index (κ2) is 68.1. The highest BCUT2D eigenvalue weighted by atomic mass is 16.8. The van der Waals surface area contributed by atoms with Gasteiger partial charge in [0.25, 0.3) is 0 Å². The van der Waals surface area contributed by atoms with Crippen molar-refractivity contribution in [2.24, 2.45) is 0 Å². The van der Waals surface area contributed by atoms with Crippen molar-refractivity contribution in [3.8, 4) is 0 Å². The van der Waals surface area contributed by atoms with Crippen molar-refractivity contribution < 1.29 is 89.4 Å². The number of carbonyl (C=O) groups excluding carboxylic acids is 1. The molecular formula is C90H151NO18. The summed E-state index contributed by atoms with van der Waals surface area (Å²) in [5, 5.41) is 121. The van der Waals surface area contributed by atoms with Crippen LogP contribution in [0.3, 0.4) is 0 Å². The summed E-state index contributed by atoms with van der Waals surface area (Å²) in [7, 11) is 0. The standard InChI is InChI=1S/C90H151NO18/c1-3-5-7-9-11-13-15-17-19-21-23-25-27-29-30-31-32-33-34-35-36-37-38-39-40-41-42-44-46-48-50-52-54-56-58-60-62-64-66-68-78(96)91-73(74(95)67-65-63-61-59-57-55-53-51-49-47-45-43-28-26-24-22-20-18-16-14-12-10-8-6-4-2)72-104-88-84(102)81(99)86(76(70-93)106-88)109-90-85(103)82(100)87(77(71-94)107-90)108-89-83(101)80(98)79(97)75(69-92)105-89/h5,7,11,13,17,19,23,25,29-30,32-33,35-36,38-39,41-42,46,48,57,59,65,67,73-77,79-90,92-95,97-103H,3-4,6,8-10,12,14-16,18,20-22,24,26-28,31,34,37,40,43-45,47,49-56,58,60-64,66,68-72H2,1-2H3,(H,91,96)/b7-5-,13-11-,19-17-,25-23-,30-29-,33-32-,36-35-,39-38-,42-41-,48-46-,59-57+,67-65+. The number of amides is 1. The van der Waals surface area contributed by atoms with Crippen LogP contribution in [0.4, 0.5) is 0 Å². The summed E-state index contributed by atoms with van der Waals surface area (Å²) in [5.74, 6) is -0.298. The molecule has 0 aromatic carbocycles. The zero-order valence-electron chi connectivity index (χ0n) is 67.0. The van der Waals surface area contributed by atoms with E-state index in [1.165, 1.54) is 122 Å². The van der Waals surface area contributed by atoms with E-state index in [-0.39, 0.29) is 18.9 Å². The highest BCUT2D eigenvalue weighted by molar-refractivity contribution is 5.76. The van der Waals surface area contributed by atoms with E-state index in [9.17, 15) is 61.0 Å². The zero-order chi connectivity index (χ0) is 78.8. The lowest BCUT2D eigenvalue weighted by Crippen LogP contribution is -2.66. The van der Waals surface area contributed by atoms with E-state index >= 15 is 0 Å². The molecular weight excluding hydrogens is 1380 g/mol. The van der Waals surface area contributed by atoms with Crippen molar-refractivity contribution in [3.05, 3.63) is 146 Å². The summed E-state index contributed by atoms with van der Waals surface area (Å²) in [6.45, 7) is 1.61. The maximum Gasteiger partial charge on any atom is 0.220 e. The number of nitrogens with one attached hydrogen (secondary N) is 1. The van der Waals surface area contributed by atoms with Crippen LogP contribution in [0.25, 0.3) is 0 Å². The second-order valence-electron chi connectivity index (χ2n) is 29.6. The molecule has 17 unspecified atom stereocenters. The minimum Gasteiger partial charge on any atom is -0.394 e. The van der Waals surface area contributed by atoms with Gasteiger partial charge in [0.2, 0.25) is 5.91 Å². The number of unbranched alkanes of at least 4 members (excludes halogenated alkanes) is 28. The van der Waals surface area contributed by atoms with Crippen LogP contribution < -0.4 is 5.32 Å². The first-order chi connectivity index (χ1) is 53.3. The number of hydrogen-bond donors (Lipinski definition) is 12. The number of hydrogen-bond acceptors (Lipinski definition) is 18. The Bertz CT molecular complexity index is 2540. The quantitative estimate of drug-likeness (QED) is 0.0199. The smallest absolute Gasteiger partial charge is 0.220 e. The molecule has 0 radical (unpaired) electrons. The molecule has 19 nitrogen and oxygen atoms in total. The Morgan fingerprint density at radius 1 is 0.339 bits per heavy atom. The van der Waals surface area contributed by atoms with Gasteiger partial charge in [-0.2, -0.15) is 0 Å². The largest absolute Gasteiger partial charge is 0.394 e. The van der Waals surface area contributed by atoms with Crippen molar-refractivity contribution >= 4 is 5.91 Å². The number of ether oxygens (including phenoxy) is 6. The Morgan fingerprint density at radius 2 is 0.642 bits per heavy atom. The number of rotatable bonds is 66. The second-order valence-corrected chi connectivity index (χ2v) is 29.6. The van der Waals surface area contributed by atoms with E-state index in [0.717, 1.165) is 128 Å². The molecule has 3 rings (SSSR count). The van der Waals surface area contributed by atoms with Crippen LogP contribution in [0.2, 0.25) is 0 Å². The molecule has 19 heteroatoms. The molecule has 3 aliphatic rings. The molecule has 0 aromatic heterocycles. The zero-order valence-corrected chi connectivity index (χ0v) is 67.0. The summed E-state index contributed by atoms with van der Waals surface area (Å²) in [4.78, 5) is 13.5. The van der Waals surface area contributed by atoms with Gasteiger partial charge in [0, 0.05) is 6.42 Å². The minimum atomic E-state index is -1.99. The highest BCUT2D eigenvalue weighted by Gasteiger charge is 2.54. The van der Waals surface area contributed by atoms with Crippen LogP contribution in [0.15, 0.2) is 146 Å². The first-order valence-electron chi connectivity index (χ1n) is 42.6. The monoisotopic (exact) mass is 1530 g/mol. The SMILES string of the molecule is CC/C=C\C/C=C\C/C=C\C/C=C\C/C=C\C/C=C\C/C=C\C/C=C\C/C=C\C/C=C\CCCCCCCCCCC(=O)NC(COC1OC(CO)C(OC2OC(CO)C(OC3OC(CO)C(O)C(O)C3O)C(O)C2O)C(O)C1O)C(O)/C=C/CC/C=C/CCCCCCCCCCCCCCCCCCCCC. The van der Waals surface area contributed by atoms with Gasteiger partial charge in [0.1, 0.15) is 73.2 Å². The normalized spacial score (nSPS) is 26.0. The lowest BCUT2D eigenvalue weighted by molar-refractivity contribution is -0.379. The third-order valence-corrected chi connectivity index (χ3v) is 20.1. The van der Waals surface area contributed by atoms with Crippen molar-refractivity contribution in [1.29, 1.82) is 0 Å². The minimum absolute atomic E-state index is 0.217. The van der Waals surface area contributed by atoms with E-state index in [4.69, 9.17) is 28.4 Å². The van der Waals surface area contributed by atoms with E-state index < -0.39 is 124 Å². The maximum atomic E-state index is 13.5. The van der Waals surface area contributed by atoms with Crippen molar-refractivity contribution in [2.75, 3.05) is 26.4 Å². The van der Waals surface area contributed by atoms with Gasteiger partial charge in [0.15, 0.2) is 18.9 Å². The molecule has 12 N–H and O–H groups in total. The number of aliphatic hydroxyl groups excluding tert-OH is 11. The molecule has 0 aromatic rings. The fourth-order valence-corrected chi connectivity index (χ4v) is 13.4. The summed E-state index contributed by atoms with van der Waals surface area (Å²) < 4.78 is 34.4. The molecule has 3 heterocycles. The van der Waals surface area contributed by atoms with E-state index in [2.05, 4.69) is 153 Å². The molecule has 0 spiro atoms. The molecule has 109 heavy (non-hydrogen) atoms. The van der Waals surface area contributed by atoms with Crippen LogP contribution in [0, 0.1) is 0 Å². The van der Waals surface area contributed by atoms with Gasteiger partial charge in [-0.15, -0.1) is 0 Å². The topological polar surface area (TPSA) is 307 Å². The van der Waals surface area contributed by atoms with Crippen molar-refractivity contribution in [3.63, 3.8) is 0 Å². The average molecular weight is 1540 g/mol. The third-order valence-electron chi connectivity index (χ3n) is 20.1. The van der Waals surface area contributed by atoms with Crippen LogP contribution in [0.5, 0.6) is 0 Å². The first-order valence-corrected chi connectivity index (χ1v) is 42.6. The predicted octanol–water partition coefficient (Wildman–Crippen LogP) is 15.4. The Morgan fingerprint density at radius 3 is 1.03 bits per heavy atom. The highest BCUT2D eigenvalue weighted by Crippen LogP contribution is 2.33. The molecule has 0 saturated carbocycles. The number of allylic oxidation sites excluding steroid dienone is 23. The van der Waals surface area contributed by atoms with E-state index in [1.807, 2.05) is 6.08 Å². The van der Waals surface area contributed by atoms with Crippen LogP contribution in [-0.4, -0.2) is 193 Å². The Balaban J connectivity index is 1.37. The van der Waals surface area contributed by atoms with Crippen LogP contribution >= 0.6 is 0 Å². The fourth-order valence-electron chi connectivity index (χ4n) is 13.4. The van der Waals surface area contributed by atoms with Crippen LogP contribution in [-0.2, 0) is 33.2 Å². The van der Waals surface area contributed by atoms with Gasteiger partial charge < -0.3 is 89.9 Å². The van der Waals surface area contributed by atoms with E-state index in [1.54, 1.807) is 6.08 Å². The number of aliphatic hydroxyl groups is 11. The van der Waals surface area contributed by atoms with Gasteiger partial charge in [0.05, 0.1) is 38.6 Å². The fraction of sp³-hybridized carbons (Fsp3) is 0.722. The molecule has 624 valence electrons. The maximum absolute atomic E-state index is 13.5. The summed E-state index contributed by atoms with van der Waals surface area (Å²) >= 11 is 0. The summed E-state index contributed by atoms with van der Waals surface area (Å²) in [6, 6.07) is -1.01. The Labute approximate surface area is 657 Å². The molecule has 3 saturated heterocycles. The predicted molar refractivity (Wildman–Crippen MR) is 438 cm³/mol. The van der Waals surface area contributed by atoms with Crippen LogP contribution in [0.1, 0.15) is 284 Å². The lowest BCUT2D eigenvalue weighted by Gasteiger charge is -2.48. The Kier molecular flexibility index (Phi) is 61.8. The Hall–Kier alpha value is -4.33. The molecule has 0 aliphatic carbocycles. The summed E-state index contributed by atoms with van der Waals surface area (Å²) in [6.07, 6.45) is 72.6. The molecule has 0 bridgehead atoms. The van der Waals surface area contributed by atoms with Crippen molar-refractivity contribution in [1.82, 2.24) is 5.32 Å². The average Bonchev–Trinajstić information content (AvgIpc) is 0.759. The van der Waals surface area contributed by atoms with E-state index in [0.29, 0.717) is 12.8 Å². The summed E-state index contributed by atoms with van der Waals surface area (Å²) in [5.41, 5.74) is 0. The number of carbonyl (C=O) groups is 1. The molecule has 3 fully saturated rings. The van der Waals surface area contributed by atoms with Gasteiger partial charge in [-0.05, 0) is 109 Å². The molecule has 17 atom stereocenters. The van der Waals surface area contributed by atoms with Gasteiger partial charge in [-0.3, -0.25) is 4.79 Å². The van der Waals surface area contributed by atoms with Gasteiger partial charge in [-0.25, -0.2) is 0 Å². The first kappa shape index (κ1) is 98.9. The van der Waals surface area contributed by atoms with Gasteiger partial charge >= 0.3 is 0 Å².